The molecule has 0 saturated heterocycles. The number of nitrogens with zero attached hydrogens (tertiary/aromatic N) is 2. The van der Waals surface area contributed by atoms with E-state index in [1.54, 1.807) is 7.11 Å². The van der Waals surface area contributed by atoms with E-state index in [9.17, 15) is 0 Å². The summed E-state index contributed by atoms with van der Waals surface area (Å²) in [6.45, 7) is 4.13. The van der Waals surface area contributed by atoms with Crippen molar-refractivity contribution < 1.29 is 9.47 Å². The number of ether oxygens (including phenoxy) is 2. The highest BCUT2D eigenvalue weighted by molar-refractivity contribution is 5.82. The van der Waals surface area contributed by atoms with E-state index >= 15 is 0 Å². The summed E-state index contributed by atoms with van der Waals surface area (Å²) < 4.78 is 11.4. The topological polar surface area (TPSA) is 50.4 Å². The summed E-state index contributed by atoms with van der Waals surface area (Å²) in [7, 11) is 3.78. The van der Waals surface area contributed by atoms with Crippen LogP contribution < -0.4 is 9.47 Å². The average Bonchev–Trinajstić information content (AvgIpc) is 3.02. The van der Waals surface area contributed by atoms with Gasteiger partial charge in [-0.05, 0) is 50.3 Å². The molecule has 1 heterocycles. The molecule has 1 aromatic heterocycles. The van der Waals surface area contributed by atoms with Gasteiger partial charge in [-0.3, -0.25) is 5.10 Å². The zero-order valence-corrected chi connectivity index (χ0v) is 15.1. The number of rotatable bonds is 8. The molecule has 25 heavy (non-hydrogen) atoms. The number of hydrogen-bond donors (Lipinski definition) is 1. The van der Waals surface area contributed by atoms with Gasteiger partial charge in [-0.1, -0.05) is 25.5 Å². The molecule has 0 bridgehead atoms. The van der Waals surface area contributed by atoms with Gasteiger partial charge in [0.2, 0.25) is 0 Å². The number of hydrogen-bond acceptors (Lipinski definition) is 4. The molecule has 0 aliphatic rings. The maximum atomic E-state index is 6.02. The van der Waals surface area contributed by atoms with Crippen LogP contribution in [0.25, 0.3) is 10.9 Å². The van der Waals surface area contributed by atoms with Gasteiger partial charge in [0.05, 0.1) is 18.3 Å². The van der Waals surface area contributed by atoms with Crippen LogP contribution in [0.1, 0.15) is 25.5 Å². The summed E-state index contributed by atoms with van der Waals surface area (Å²) in [4.78, 5) is 2.31. The van der Waals surface area contributed by atoms with E-state index in [0.29, 0.717) is 11.5 Å². The lowest BCUT2D eigenvalue weighted by Crippen LogP contribution is -2.19. The van der Waals surface area contributed by atoms with Crippen LogP contribution in [0.2, 0.25) is 0 Å². The first-order valence-corrected chi connectivity index (χ1v) is 8.67. The molecular weight excluding hydrogens is 314 g/mol. The van der Waals surface area contributed by atoms with Crippen molar-refractivity contribution in [2.45, 2.75) is 26.3 Å². The maximum Gasteiger partial charge on any atom is 0.169 e. The lowest BCUT2D eigenvalue weighted by Gasteiger charge is -2.15. The molecule has 0 aliphatic heterocycles. The minimum Gasteiger partial charge on any atom is -0.493 e. The minimum absolute atomic E-state index is 0.703. The Morgan fingerprint density at radius 3 is 2.68 bits per heavy atom. The van der Waals surface area contributed by atoms with Gasteiger partial charge in [-0.15, -0.1) is 0 Å². The zero-order valence-electron chi connectivity index (χ0n) is 15.1. The number of para-hydroxylation sites is 2. The van der Waals surface area contributed by atoms with E-state index in [-0.39, 0.29) is 0 Å². The maximum absolute atomic E-state index is 6.02. The number of aromatic nitrogens is 2. The molecule has 132 valence electrons. The lowest BCUT2D eigenvalue weighted by atomic mass is 10.2. The molecule has 0 radical (unpaired) electrons. The molecule has 5 heteroatoms. The molecule has 0 unspecified atom stereocenters. The van der Waals surface area contributed by atoms with Gasteiger partial charge in [0.1, 0.15) is 5.75 Å². The van der Waals surface area contributed by atoms with Crippen molar-refractivity contribution in [3.63, 3.8) is 0 Å². The quantitative estimate of drug-likeness (QED) is 0.652. The molecule has 3 aromatic rings. The smallest absolute Gasteiger partial charge is 0.169 e. The van der Waals surface area contributed by atoms with Gasteiger partial charge in [-0.2, -0.15) is 5.10 Å². The number of fused-ring (bicyclic) bond motifs is 1. The second-order valence-electron chi connectivity index (χ2n) is 6.23. The molecule has 2 aromatic carbocycles. The molecule has 1 N–H and O–H groups in total. The molecular formula is C20H25N3O2. The Balaban J connectivity index is 1.82. The molecule has 0 aliphatic carbocycles. The number of nitrogens with one attached hydrogen (secondary N) is 1. The summed E-state index contributed by atoms with van der Waals surface area (Å²) in [6.07, 6.45) is 2.40. The summed E-state index contributed by atoms with van der Waals surface area (Å²) in [5.41, 5.74) is 2.06. The second kappa shape index (κ2) is 8.03. The minimum atomic E-state index is 0.703. The first-order valence-electron chi connectivity index (χ1n) is 8.67. The molecule has 0 fully saturated rings. The fourth-order valence-corrected chi connectivity index (χ4v) is 2.83. The van der Waals surface area contributed by atoms with Crippen molar-refractivity contribution in [3.05, 3.63) is 48.2 Å². The van der Waals surface area contributed by atoms with E-state index < -0.39 is 0 Å². The van der Waals surface area contributed by atoms with Crippen LogP contribution in [0, 0.1) is 0 Å². The monoisotopic (exact) mass is 339 g/mol. The van der Waals surface area contributed by atoms with Gasteiger partial charge >= 0.3 is 0 Å². The van der Waals surface area contributed by atoms with E-state index in [0.717, 1.165) is 35.4 Å². The lowest BCUT2D eigenvalue weighted by molar-refractivity contribution is 0.318. The van der Waals surface area contributed by atoms with Gasteiger partial charge in [0.15, 0.2) is 11.5 Å². The fraction of sp³-hybridized carbons (Fsp3) is 0.350. The van der Waals surface area contributed by atoms with E-state index in [2.05, 4.69) is 29.1 Å². The Morgan fingerprint density at radius 1 is 1.12 bits per heavy atom. The van der Waals surface area contributed by atoms with Crippen molar-refractivity contribution >= 4 is 10.9 Å². The zero-order chi connectivity index (χ0) is 17.6. The van der Waals surface area contributed by atoms with Gasteiger partial charge in [0, 0.05) is 11.9 Å². The van der Waals surface area contributed by atoms with Crippen LogP contribution in [0.15, 0.2) is 42.5 Å². The Hall–Kier alpha value is -2.53. The van der Waals surface area contributed by atoms with Crippen molar-refractivity contribution in [1.82, 2.24) is 15.1 Å². The van der Waals surface area contributed by atoms with Crippen molar-refractivity contribution in [2.24, 2.45) is 0 Å². The Bertz CT molecular complexity index is 829. The van der Waals surface area contributed by atoms with Crippen LogP contribution in [-0.2, 0) is 6.54 Å². The van der Waals surface area contributed by atoms with Gasteiger partial charge < -0.3 is 14.4 Å². The number of aromatic amines is 1. The first kappa shape index (κ1) is 17.3. The van der Waals surface area contributed by atoms with Crippen LogP contribution in [0.4, 0.5) is 0 Å². The van der Waals surface area contributed by atoms with Crippen molar-refractivity contribution in [3.8, 4) is 17.2 Å². The molecule has 3 rings (SSSR count). The fourth-order valence-electron chi connectivity index (χ4n) is 2.83. The normalized spacial score (nSPS) is 11.2. The Labute approximate surface area is 148 Å². The highest BCUT2D eigenvalue weighted by atomic mass is 16.5. The highest BCUT2D eigenvalue weighted by Gasteiger charge is 2.11. The number of unbranched alkanes of at least 4 members (excludes halogenated alkanes) is 1. The largest absolute Gasteiger partial charge is 0.493 e. The molecule has 0 atom stereocenters. The summed E-state index contributed by atoms with van der Waals surface area (Å²) in [5.74, 6) is 2.19. The van der Waals surface area contributed by atoms with Crippen LogP contribution in [0.3, 0.4) is 0 Å². The first-order chi connectivity index (χ1) is 12.2. The Kier molecular flexibility index (Phi) is 5.56. The third-order valence-electron chi connectivity index (χ3n) is 4.22. The third kappa shape index (κ3) is 4.12. The van der Waals surface area contributed by atoms with E-state index in [1.807, 2.05) is 42.5 Å². The van der Waals surface area contributed by atoms with Crippen LogP contribution in [0.5, 0.6) is 17.2 Å². The highest BCUT2D eigenvalue weighted by Crippen LogP contribution is 2.32. The molecule has 0 amide bonds. The predicted molar refractivity (Wildman–Crippen MR) is 100 cm³/mol. The predicted octanol–water partition coefficient (Wildman–Crippen LogP) is 4.60. The van der Waals surface area contributed by atoms with Crippen molar-refractivity contribution in [1.29, 1.82) is 0 Å². The van der Waals surface area contributed by atoms with Crippen LogP contribution >= 0.6 is 0 Å². The van der Waals surface area contributed by atoms with E-state index in [4.69, 9.17) is 9.47 Å². The average molecular weight is 339 g/mol. The molecule has 0 spiro atoms. The molecule has 0 saturated carbocycles. The van der Waals surface area contributed by atoms with Crippen LogP contribution in [-0.4, -0.2) is 35.8 Å². The third-order valence-corrected chi connectivity index (χ3v) is 4.22. The summed E-state index contributed by atoms with van der Waals surface area (Å²) in [6, 6.07) is 13.6. The number of H-pyrrole nitrogens is 1. The van der Waals surface area contributed by atoms with Gasteiger partial charge in [-0.25, -0.2) is 0 Å². The standard InChI is InChI=1S/C20H25N3O2/c1-4-5-12-23(2)14-18-16-13-15(10-11-17(16)21-22-18)25-20-9-7-6-8-19(20)24-3/h6-11,13H,4-5,12,14H2,1-3H3,(H,21,22). The molecule has 5 nitrogen and oxygen atoms in total. The summed E-state index contributed by atoms with van der Waals surface area (Å²) >= 11 is 0. The van der Waals surface area contributed by atoms with Gasteiger partial charge in [0.25, 0.3) is 0 Å². The number of methoxy groups -OCH3 is 1. The number of benzene rings is 2. The summed E-state index contributed by atoms with van der Waals surface area (Å²) in [5, 5.41) is 8.66. The Morgan fingerprint density at radius 2 is 1.92 bits per heavy atom. The second-order valence-corrected chi connectivity index (χ2v) is 6.23. The van der Waals surface area contributed by atoms with E-state index in [1.165, 1.54) is 12.8 Å². The SMILES string of the molecule is CCCCN(C)Cc1[nH]nc2ccc(Oc3ccccc3OC)cc12. The van der Waals surface area contributed by atoms with Crippen molar-refractivity contribution in [2.75, 3.05) is 20.7 Å².